The number of ether oxygens (including phenoxy) is 1. The molecule has 0 atom stereocenters. The van der Waals surface area contributed by atoms with E-state index < -0.39 is 0 Å². The summed E-state index contributed by atoms with van der Waals surface area (Å²) < 4.78 is 7.10. The van der Waals surface area contributed by atoms with Crippen molar-refractivity contribution in [2.75, 3.05) is 13.7 Å². The van der Waals surface area contributed by atoms with Crippen molar-refractivity contribution in [3.63, 3.8) is 0 Å². The molecular weight excluding hydrogens is 362 g/mol. The summed E-state index contributed by atoms with van der Waals surface area (Å²) in [5.41, 5.74) is 3.72. The molecule has 138 valence electrons. The zero-order chi connectivity index (χ0) is 19.4. The van der Waals surface area contributed by atoms with Gasteiger partial charge in [0.1, 0.15) is 11.5 Å². The molecular formula is C21H20ClN3O2. The van der Waals surface area contributed by atoms with Crippen molar-refractivity contribution in [1.82, 2.24) is 14.5 Å². The molecule has 0 amide bonds. The molecule has 0 saturated carbocycles. The third-order valence-corrected chi connectivity index (χ3v) is 4.50. The topological polar surface area (TPSA) is 59.9 Å². The van der Waals surface area contributed by atoms with Gasteiger partial charge in [-0.05, 0) is 44.0 Å². The van der Waals surface area contributed by atoms with Crippen molar-refractivity contribution >= 4 is 11.6 Å². The number of aryl methyl sites for hydroxylation is 1. The van der Waals surface area contributed by atoms with E-state index in [4.69, 9.17) is 16.3 Å². The Morgan fingerprint density at radius 3 is 2.81 bits per heavy atom. The van der Waals surface area contributed by atoms with Gasteiger partial charge < -0.3 is 9.72 Å². The fourth-order valence-corrected chi connectivity index (χ4v) is 3.16. The summed E-state index contributed by atoms with van der Waals surface area (Å²) in [6, 6.07) is 9.26. The summed E-state index contributed by atoms with van der Waals surface area (Å²) in [6.07, 6.45) is 2.16. The molecule has 2 aromatic heterocycles. The minimum atomic E-state index is -0.122. The van der Waals surface area contributed by atoms with Gasteiger partial charge >= 0.3 is 0 Å². The number of nitrogens with zero attached hydrogens (tertiary/aromatic N) is 2. The summed E-state index contributed by atoms with van der Waals surface area (Å²) in [4.78, 5) is 19.6. The first-order chi connectivity index (χ1) is 13.0. The Morgan fingerprint density at radius 2 is 2.07 bits per heavy atom. The Kier molecular flexibility index (Phi) is 5.80. The third-order valence-electron chi connectivity index (χ3n) is 4.26. The number of methoxy groups -OCH3 is 1. The average Bonchev–Trinajstić information content (AvgIpc) is 2.92. The molecule has 0 saturated heterocycles. The van der Waals surface area contributed by atoms with Crippen molar-refractivity contribution in [2.45, 2.75) is 20.3 Å². The number of nitrogens with one attached hydrogen (secondary N) is 1. The Hall–Kier alpha value is -2.81. The number of aromatic amines is 1. The molecule has 0 bridgehead atoms. The summed E-state index contributed by atoms with van der Waals surface area (Å²) in [5.74, 6) is 6.98. The lowest BCUT2D eigenvalue weighted by molar-refractivity contribution is 0.202. The molecule has 5 nitrogen and oxygen atoms in total. The van der Waals surface area contributed by atoms with Gasteiger partial charge in [-0.3, -0.25) is 9.36 Å². The number of rotatable bonds is 4. The third kappa shape index (κ3) is 4.13. The van der Waals surface area contributed by atoms with Gasteiger partial charge in [0, 0.05) is 35.9 Å². The molecule has 0 aliphatic rings. The zero-order valence-corrected chi connectivity index (χ0v) is 16.2. The normalized spacial score (nSPS) is 10.5. The highest BCUT2D eigenvalue weighted by Crippen LogP contribution is 2.19. The molecule has 1 aromatic carbocycles. The molecule has 0 aliphatic carbocycles. The van der Waals surface area contributed by atoms with Gasteiger partial charge in [-0.15, -0.1) is 0 Å². The SMILES string of the molecule is COCCc1c(-n2c(C)nc(C#Cc3cccc(Cl)c3)c2C)cc[nH]c1=O. The molecule has 3 aromatic rings. The van der Waals surface area contributed by atoms with Gasteiger partial charge in [-0.1, -0.05) is 23.6 Å². The van der Waals surface area contributed by atoms with E-state index in [1.807, 2.05) is 48.7 Å². The van der Waals surface area contributed by atoms with E-state index in [2.05, 4.69) is 21.8 Å². The van der Waals surface area contributed by atoms with Gasteiger partial charge in [-0.25, -0.2) is 4.98 Å². The molecule has 1 N–H and O–H groups in total. The maximum absolute atomic E-state index is 12.3. The second-order valence-corrected chi connectivity index (χ2v) is 6.54. The molecule has 0 spiro atoms. The van der Waals surface area contributed by atoms with Crippen molar-refractivity contribution < 1.29 is 4.74 Å². The minimum Gasteiger partial charge on any atom is -0.384 e. The smallest absolute Gasteiger partial charge is 0.253 e. The average molecular weight is 382 g/mol. The summed E-state index contributed by atoms with van der Waals surface area (Å²) in [5, 5.41) is 0.645. The number of hydrogen-bond acceptors (Lipinski definition) is 3. The predicted octanol–water partition coefficient (Wildman–Crippen LogP) is 3.42. The van der Waals surface area contributed by atoms with Gasteiger partial charge in [-0.2, -0.15) is 0 Å². The number of imidazole rings is 1. The van der Waals surface area contributed by atoms with Crippen LogP contribution in [0, 0.1) is 25.7 Å². The van der Waals surface area contributed by atoms with Crippen LogP contribution in [0.1, 0.15) is 28.3 Å². The Bertz CT molecular complexity index is 1090. The largest absolute Gasteiger partial charge is 0.384 e. The van der Waals surface area contributed by atoms with Crippen LogP contribution in [0.25, 0.3) is 5.69 Å². The van der Waals surface area contributed by atoms with Crippen LogP contribution in [0.4, 0.5) is 0 Å². The van der Waals surface area contributed by atoms with Crippen LogP contribution in [0.3, 0.4) is 0 Å². The van der Waals surface area contributed by atoms with Crippen molar-refractivity contribution in [1.29, 1.82) is 0 Å². The first-order valence-corrected chi connectivity index (χ1v) is 8.92. The van der Waals surface area contributed by atoms with Crippen LogP contribution in [-0.4, -0.2) is 28.3 Å². The van der Waals surface area contributed by atoms with Gasteiger partial charge in [0.25, 0.3) is 5.56 Å². The van der Waals surface area contributed by atoms with Crippen LogP contribution < -0.4 is 5.56 Å². The fraction of sp³-hybridized carbons (Fsp3) is 0.238. The first-order valence-electron chi connectivity index (χ1n) is 8.54. The number of hydrogen-bond donors (Lipinski definition) is 1. The van der Waals surface area contributed by atoms with E-state index in [0.717, 1.165) is 22.8 Å². The first kappa shape index (κ1) is 19.0. The zero-order valence-electron chi connectivity index (χ0n) is 15.5. The van der Waals surface area contributed by atoms with Crippen LogP contribution in [0.5, 0.6) is 0 Å². The van der Waals surface area contributed by atoms with E-state index in [9.17, 15) is 4.79 Å². The highest BCUT2D eigenvalue weighted by Gasteiger charge is 2.16. The van der Waals surface area contributed by atoms with E-state index in [-0.39, 0.29) is 5.56 Å². The lowest BCUT2D eigenvalue weighted by Crippen LogP contribution is -2.18. The van der Waals surface area contributed by atoms with E-state index in [0.29, 0.717) is 29.3 Å². The second kappa shape index (κ2) is 8.26. The molecule has 6 heteroatoms. The van der Waals surface area contributed by atoms with E-state index in [1.54, 1.807) is 13.3 Å². The number of pyridine rings is 1. The lowest BCUT2D eigenvalue weighted by Gasteiger charge is -2.12. The van der Waals surface area contributed by atoms with Gasteiger partial charge in [0.2, 0.25) is 0 Å². The van der Waals surface area contributed by atoms with Crippen molar-refractivity contribution in [3.8, 4) is 17.5 Å². The van der Waals surface area contributed by atoms with Gasteiger partial charge in [0.05, 0.1) is 18.0 Å². The fourth-order valence-electron chi connectivity index (χ4n) is 2.97. The van der Waals surface area contributed by atoms with Crippen molar-refractivity contribution in [3.05, 3.63) is 80.2 Å². The molecule has 0 fully saturated rings. The van der Waals surface area contributed by atoms with Crippen LogP contribution in [0.2, 0.25) is 5.02 Å². The Morgan fingerprint density at radius 1 is 1.26 bits per heavy atom. The number of H-pyrrole nitrogens is 1. The Labute approximate surface area is 163 Å². The second-order valence-electron chi connectivity index (χ2n) is 6.10. The number of halogens is 1. The highest BCUT2D eigenvalue weighted by atomic mass is 35.5. The molecule has 0 radical (unpaired) electrons. The van der Waals surface area contributed by atoms with E-state index in [1.165, 1.54) is 0 Å². The summed E-state index contributed by atoms with van der Waals surface area (Å²) in [6.45, 7) is 4.32. The maximum atomic E-state index is 12.3. The Balaban J connectivity index is 2.06. The predicted molar refractivity (Wildman–Crippen MR) is 107 cm³/mol. The molecule has 2 heterocycles. The standard InChI is InChI=1S/C21H20ClN3O2/c1-14-19(8-7-16-5-4-6-17(22)13-16)24-15(2)25(14)20-9-11-23-21(26)18(20)10-12-27-3/h4-6,9,11,13H,10,12H2,1-3H3,(H,23,26). The molecule has 0 unspecified atom stereocenters. The molecule has 27 heavy (non-hydrogen) atoms. The summed E-state index contributed by atoms with van der Waals surface area (Å²) in [7, 11) is 1.62. The van der Waals surface area contributed by atoms with E-state index >= 15 is 0 Å². The maximum Gasteiger partial charge on any atom is 0.253 e. The quantitative estimate of drug-likeness (QED) is 0.704. The minimum absolute atomic E-state index is 0.122. The number of benzene rings is 1. The van der Waals surface area contributed by atoms with Crippen LogP contribution in [-0.2, 0) is 11.2 Å². The summed E-state index contributed by atoms with van der Waals surface area (Å²) >= 11 is 6.01. The molecule has 3 rings (SSSR count). The van der Waals surface area contributed by atoms with Crippen molar-refractivity contribution in [2.24, 2.45) is 0 Å². The van der Waals surface area contributed by atoms with Crippen LogP contribution >= 0.6 is 11.6 Å². The molecule has 0 aliphatic heterocycles. The lowest BCUT2D eigenvalue weighted by atomic mass is 10.1. The highest BCUT2D eigenvalue weighted by molar-refractivity contribution is 6.30. The van der Waals surface area contributed by atoms with Crippen LogP contribution in [0.15, 0.2) is 41.3 Å². The number of aromatic nitrogens is 3. The van der Waals surface area contributed by atoms with Gasteiger partial charge in [0.15, 0.2) is 0 Å². The monoisotopic (exact) mass is 381 g/mol.